The molecule has 0 spiro atoms. The fraction of sp³-hybridized carbons (Fsp3) is 0.400. The van der Waals surface area contributed by atoms with E-state index in [-0.39, 0.29) is 0 Å². The number of para-hydroxylation sites is 1. The van der Waals surface area contributed by atoms with Crippen LogP contribution in [0.3, 0.4) is 0 Å². The number of H-pyrrole nitrogens is 1. The number of hydrazone groups is 1. The lowest BCUT2D eigenvalue weighted by molar-refractivity contribution is 0.122. The van der Waals surface area contributed by atoms with E-state index in [0.717, 1.165) is 48.9 Å². The lowest BCUT2D eigenvalue weighted by Gasteiger charge is -2.27. The van der Waals surface area contributed by atoms with Crippen molar-refractivity contribution in [1.82, 2.24) is 19.9 Å². The van der Waals surface area contributed by atoms with Crippen LogP contribution in [0.15, 0.2) is 35.6 Å². The second-order valence-electron chi connectivity index (χ2n) is 6.82. The Morgan fingerprint density at radius 2 is 2.00 bits per heavy atom. The van der Waals surface area contributed by atoms with Crippen molar-refractivity contribution in [3.05, 3.63) is 36.0 Å². The lowest BCUT2D eigenvalue weighted by Crippen LogP contribution is -2.37. The van der Waals surface area contributed by atoms with E-state index in [2.05, 4.69) is 53.7 Å². The summed E-state index contributed by atoms with van der Waals surface area (Å²) in [6.45, 7) is 5.84. The molecule has 0 amide bonds. The molecule has 0 bridgehead atoms. The van der Waals surface area contributed by atoms with Gasteiger partial charge < -0.3 is 19.9 Å². The molecular weight excluding hydrogens is 368 g/mol. The number of ether oxygens (including phenoxy) is 1. The smallest absolute Gasteiger partial charge is 0.250 e. The predicted octanol–water partition coefficient (Wildman–Crippen LogP) is 2.85. The molecule has 9 heteroatoms. The summed E-state index contributed by atoms with van der Waals surface area (Å²) in [5, 5.41) is 8.73. The van der Waals surface area contributed by atoms with Gasteiger partial charge in [0.2, 0.25) is 17.8 Å². The molecule has 0 atom stereocenters. The average molecular weight is 394 g/mol. The van der Waals surface area contributed by atoms with Crippen molar-refractivity contribution in [2.75, 3.05) is 48.5 Å². The van der Waals surface area contributed by atoms with E-state index >= 15 is 0 Å². The van der Waals surface area contributed by atoms with Crippen LogP contribution in [0.5, 0.6) is 0 Å². The number of aromatic amines is 1. The number of nitrogens with zero attached hydrogens (tertiary/aromatic N) is 5. The molecule has 0 radical (unpaired) electrons. The highest BCUT2D eigenvalue weighted by atomic mass is 16.5. The molecule has 1 fully saturated rings. The summed E-state index contributed by atoms with van der Waals surface area (Å²) < 4.78 is 5.43. The van der Waals surface area contributed by atoms with Crippen LogP contribution in [-0.4, -0.2) is 59.0 Å². The molecule has 1 saturated heterocycles. The van der Waals surface area contributed by atoms with E-state index in [4.69, 9.17) is 4.74 Å². The van der Waals surface area contributed by atoms with Gasteiger partial charge >= 0.3 is 0 Å². The Morgan fingerprint density at radius 1 is 1.17 bits per heavy atom. The van der Waals surface area contributed by atoms with Gasteiger partial charge in [-0.15, -0.1) is 0 Å². The van der Waals surface area contributed by atoms with Crippen LogP contribution >= 0.6 is 0 Å². The quantitative estimate of drug-likeness (QED) is 0.307. The summed E-state index contributed by atoms with van der Waals surface area (Å²) in [7, 11) is 0. The van der Waals surface area contributed by atoms with Gasteiger partial charge in [-0.3, -0.25) is 0 Å². The number of rotatable bonds is 8. The standard InChI is InChI=1S/C20H26N8O/c1-2-3-8-21-18-24-19(26-20(25-18)28-9-11-29-12-10-28)27-23-14-15-13-22-17-7-5-4-6-16(15)17/h4-7,13-14,22H,2-3,8-12H2,1H3,(H2,21,24,25,26,27)/b23-14+. The first-order valence-corrected chi connectivity index (χ1v) is 10.0. The Balaban J connectivity index is 1.52. The molecule has 1 aliphatic heterocycles. The largest absolute Gasteiger partial charge is 0.378 e. The van der Waals surface area contributed by atoms with Gasteiger partial charge in [0.05, 0.1) is 19.4 Å². The van der Waals surface area contributed by atoms with Crippen LogP contribution in [0, 0.1) is 0 Å². The number of morpholine rings is 1. The van der Waals surface area contributed by atoms with Crippen molar-refractivity contribution in [3.8, 4) is 0 Å². The van der Waals surface area contributed by atoms with Crippen molar-refractivity contribution in [2.24, 2.45) is 5.10 Å². The van der Waals surface area contributed by atoms with E-state index in [1.165, 1.54) is 0 Å². The Bertz CT molecular complexity index is 964. The van der Waals surface area contributed by atoms with Crippen LogP contribution in [-0.2, 0) is 4.74 Å². The molecule has 0 saturated carbocycles. The van der Waals surface area contributed by atoms with Gasteiger partial charge in [0, 0.05) is 42.3 Å². The Kier molecular flexibility index (Phi) is 6.16. The Hall–Kier alpha value is -3.20. The van der Waals surface area contributed by atoms with E-state index in [0.29, 0.717) is 31.1 Å². The molecule has 0 aliphatic carbocycles. The summed E-state index contributed by atoms with van der Waals surface area (Å²) in [5.74, 6) is 1.60. The number of hydrogen-bond acceptors (Lipinski definition) is 8. The number of aromatic nitrogens is 4. The third-order valence-electron chi connectivity index (χ3n) is 4.72. The van der Waals surface area contributed by atoms with E-state index in [9.17, 15) is 0 Å². The first-order chi connectivity index (χ1) is 14.3. The minimum Gasteiger partial charge on any atom is -0.378 e. The zero-order valence-electron chi connectivity index (χ0n) is 16.6. The number of benzene rings is 1. The van der Waals surface area contributed by atoms with E-state index in [1.807, 2.05) is 24.4 Å². The minimum atomic E-state index is 0.414. The minimum absolute atomic E-state index is 0.414. The molecule has 0 unspecified atom stereocenters. The van der Waals surface area contributed by atoms with Crippen LogP contribution < -0.4 is 15.6 Å². The van der Waals surface area contributed by atoms with Crippen LogP contribution in [0.2, 0.25) is 0 Å². The maximum absolute atomic E-state index is 5.43. The fourth-order valence-corrected chi connectivity index (χ4v) is 3.14. The van der Waals surface area contributed by atoms with Crippen LogP contribution in [0.4, 0.5) is 17.8 Å². The number of anilines is 3. The zero-order valence-corrected chi connectivity index (χ0v) is 16.6. The third kappa shape index (κ3) is 4.80. The number of unbranched alkanes of at least 4 members (excludes halogenated alkanes) is 1. The highest BCUT2D eigenvalue weighted by Gasteiger charge is 2.16. The van der Waals surface area contributed by atoms with Crippen molar-refractivity contribution in [1.29, 1.82) is 0 Å². The van der Waals surface area contributed by atoms with Crippen molar-refractivity contribution < 1.29 is 4.74 Å². The molecule has 3 N–H and O–H groups in total. The van der Waals surface area contributed by atoms with Crippen molar-refractivity contribution >= 4 is 35.0 Å². The van der Waals surface area contributed by atoms with Gasteiger partial charge in [0.1, 0.15) is 0 Å². The van der Waals surface area contributed by atoms with Gasteiger partial charge in [-0.05, 0) is 12.5 Å². The second-order valence-corrected chi connectivity index (χ2v) is 6.82. The number of fused-ring (bicyclic) bond motifs is 1. The van der Waals surface area contributed by atoms with Gasteiger partial charge in [-0.2, -0.15) is 20.1 Å². The van der Waals surface area contributed by atoms with Crippen LogP contribution in [0.25, 0.3) is 10.9 Å². The fourth-order valence-electron chi connectivity index (χ4n) is 3.14. The Labute approximate surface area is 169 Å². The highest BCUT2D eigenvalue weighted by molar-refractivity contribution is 5.99. The zero-order chi connectivity index (χ0) is 19.9. The van der Waals surface area contributed by atoms with Crippen LogP contribution in [0.1, 0.15) is 25.3 Å². The monoisotopic (exact) mass is 394 g/mol. The first-order valence-electron chi connectivity index (χ1n) is 10.0. The molecule has 2 aromatic heterocycles. The lowest BCUT2D eigenvalue weighted by atomic mass is 10.2. The summed E-state index contributed by atoms with van der Waals surface area (Å²) in [4.78, 5) is 18.9. The molecule has 4 rings (SSSR count). The number of nitrogens with one attached hydrogen (secondary N) is 3. The van der Waals surface area contributed by atoms with Gasteiger partial charge in [0.15, 0.2) is 0 Å². The predicted molar refractivity (Wildman–Crippen MR) is 116 cm³/mol. The maximum Gasteiger partial charge on any atom is 0.250 e. The van der Waals surface area contributed by atoms with Gasteiger partial charge in [0.25, 0.3) is 0 Å². The van der Waals surface area contributed by atoms with E-state index in [1.54, 1.807) is 6.21 Å². The Morgan fingerprint density at radius 3 is 2.86 bits per heavy atom. The molecule has 152 valence electrons. The summed E-state index contributed by atoms with van der Waals surface area (Å²) in [6.07, 6.45) is 5.86. The molecule has 9 nitrogen and oxygen atoms in total. The average Bonchev–Trinajstić information content (AvgIpc) is 3.18. The highest BCUT2D eigenvalue weighted by Crippen LogP contribution is 2.17. The normalized spacial score (nSPS) is 14.6. The molecule has 1 aromatic carbocycles. The summed E-state index contributed by atoms with van der Waals surface area (Å²) >= 11 is 0. The summed E-state index contributed by atoms with van der Waals surface area (Å²) in [5.41, 5.74) is 5.03. The van der Waals surface area contributed by atoms with E-state index < -0.39 is 0 Å². The second kappa shape index (κ2) is 9.33. The maximum atomic E-state index is 5.43. The van der Waals surface area contributed by atoms with Gasteiger partial charge in [-0.1, -0.05) is 31.5 Å². The molecule has 29 heavy (non-hydrogen) atoms. The first kappa shape index (κ1) is 19.1. The molecule has 3 heterocycles. The molecular formula is C20H26N8O. The summed E-state index contributed by atoms with van der Waals surface area (Å²) in [6, 6.07) is 8.11. The topological polar surface area (TPSA) is 103 Å². The third-order valence-corrected chi connectivity index (χ3v) is 4.72. The van der Waals surface area contributed by atoms with Crippen molar-refractivity contribution in [3.63, 3.8) is 0 Å². The number of hydrogen-bond donors (Lipinski definition) is 3. The molecule has 3 aromatic rings. The van der Waals surface area contributed by atoms with Crippen molar-refractivity contribution in [2.45, 2.75) is 19.8 Å². The SMILES string of the molecule is CCCCNc1nc(N/N=C/c2c[nH]c3ccccc23)nc(N2CCOCC2)n1. The van der Waals surface area contributed by atoms with Gasteiger partial charge in [-0.25, -0.2) is 5.43 Å². The molecule has 1 aliphatic rings.